The SMILES string of the molecule is N#Cc1cc(C(F)(F)F)[nH]c(=O)c1. The molecule has 0 amide bonds. The zero-order chi connectivity index (χ0) is 10.1. The first-order chi connectivity index (χ1) is 5.93. The van der Waals surface area contributed by atoms with Crippen molar-refractivity contribution in [2.75, 3.05) is 0 Å². The van der Waals surface area contributed by atoms with Gasteiger partial charge >= 0.3 is 6.18 Å². The van der Waals surface area contributed by atoms with Gasteiger partial charge in [-0.2, -0.15) is 18.4 Å². The Balaban J connectivity index is 3.35. The molecule has 0 saturated carbocycles. The van der Waals surface area contributed by atoms with E-state index in [9.17, 15) is 18.0 Å². The molecule has 0 aliphatic carbocycles. The van der Waals surface area contributed by atoms with E-state index < -0.39 is 17.4 Å². The van der Waals surface area contributed by atoms with Crippen LogP contribution in [0, 0.1) is 11.3 Å². The van der Waals surface area contributed by atoms with Gasteiger partial charge in [0, 0.05) is 6.07 Å². The average Bonchev–Trinajstić information content (AvgIpc) is 2.01. The van der Waals surface area contributed by atoms with Crippen molar-refractivity contribution in [2.24, 2.45) is 0 Å². The van der Waals surface area contributed by atoms with Gasteiger partial charge < -0.3 is 4.98 Å². The summed E-state index contributed by atoms with van der Waals surface area (Å²) in [4.78, 5) is 12.2. The lowest BCUT2D eigenvalue weighted by Gasteiger charge is -2.04. The van der Waals surface area contributed by atoms with E-state index in [1.807, 2.05) is 0 Å². The van der Waals surface area contributed by atoms with E-state index in [4.69, 9.17) is 5.26 Å². The molecule has 1 N–H and O–H groups in total. The van der Waals surface area contributed by atoms with Gasteiger partial charge in [-0.05, 0) is 6.07 Å². The predicted molar refractivity (Wildman–Crippen MR) is 36.8 cm³/mol. The molecule has 0 aromatic carbocycles. The van der Waals surface area contributed by atoms with Gasteiger partial charge in [-0.3, -0.25) is 4.79 Å². The minimum absolute atomic E-state index is 0.309. The largest absolute Gasteiger partial charge is 0.431 e. The molecule has 0 radical (unpaired) electrons. The molecule has 6 heteroatoms. The summed E-state index contributed by atoms with van der Waals surface area (Å²) in [5.74, 6) is 0. The number of aromatic amines is 1. The molecule has 0 aliphatic rings. The zero-order valence-corrected chi connectivity index (χ0v) is 6.14. The lowest BCUT2D eigenvalue weighted by Crippen LogP contribution is -2.16. The minimum atomic E-state index is -4.63. The van der Waals surface area contributed by atoms with Crippen LogP contribution in [-0.4, -0.2) is 4.98 Å². The van der Waals surface area contributed by atoms with E-state index in [0.29, 0.717) is 6.07 Å². The third-order valence-corrected chi connectivity index (χ3v) is 1.28. The van der Waals surface area contributed by atoms with E-state index in [0.717, 1.165) is 6.07 Å². The van der Waals surface area contributed by atoms with Crippen molar-refractivity contribution in [1.29, 1.82) is 5.26 Å². The number of nitrogens with one attached hydrogen (secondary N) is 1. The van der Waals surface area contributed by atoms with Crippen molar-refractivity contribution in [1.82, 2.24) is 4.98 Å². The summed E-state index contributed by atoms with van der Waals surface area (Å²) in [6.07, 6.45) is -4.63. The fraction of sp³-hybridized carbons (Fsp3) is 0.143. The van der Waals surface area contributed by atoms with E-state index in [-0.39, 0.29) is 5.56 Å². The summed E-state index contributed by atoms with van der Waals surface area (Å²) in [6.45, 7) is 0. The average molecular weight is 188 g/mol. The van der Waals surface area contributed by atoms with E-state index >= 15 is 0 Å². The monoisotopic (exact) mass is 188 g/mol. The number of aromatic nitrogens is 1. The number of nitrogens with zero attached hydrogens (tertiary/aromatic N) is 1. The summed E-state index contributed by atoms with van der Waals surface area (Å²) in [7, 11) is 0. The number of H-pyrrole nitrogens is 1. The maximum absolute atomic E-state index is 12.0. The molecular formula is C7H3F3N2O. The Hall–Kier alpha value is -1.77. The zero-order valence-electron chi connectivity index (χ0n) is 6.14. The topological polar surface area (TPSA) is 56.6 Å². The first-order valence-corrected chi connectivity index (χ1v) is 3.15. The highest BCUT2D eigenvalue weighted by molar-refractivity contribution is 5.29. The van der Waals surface area contributed by atoms with Crippen LogP contribution in [0.1, 0.15) is 11.3 Å². The highest BCUT2D eigenvalue weighted by Crippen LogP contribution is 2.26. The number of hydrogen-bond donors (Lipinski definition) is 1. The highest BCUT2D eigenvalue weighted by Gasteiger charge is 2.32. The fourth-order valence-corrected chi connectivity index (χ4v) is 0.761. The molecular weight excluding hydrogens is 185 g/mol. The van der Waals surface area contributed by atoms with Crippen molar-refractivity contribution in [3.05, 3.63) is 33.7 Å². The van der Waals surface area contributed by atoms with Crippen LogP contribution in [0.25, 0.3) is 0 Å². The quantitative estimate of drug-likeness (QED) is 0.666. The first-order valence-electron chi connectivity index (χ1n) is 3.15. The molecule has 0 atom stereocenters. The lowest BCUT2D eigenvalue weighted by molar-refractivity contribution is -0.141. The second kappa shape index (κ2) is 2.94. The molecule has 0 unspecified atom stereocenters. The van der Waals surface area contributed by atoms with Crippen LogP contribution in [0.4, 0.5) is 13.2 Å². The Kier molecular flexibility index (Phi) is 2.10. The van der Waals surface area contributed by atoms with Crippen LogP contribution in [0.2, 0.25) is 0 Å². The van der Waals surface area contributed by atoms with Gasteiger partial charge in [0.2, 0.25) is 5.56 Å². The normalized spacial score (nSPS) is 10.9. The number of nitriles is 1. The number of alkyl halides is 3. The predicted octanol–water partition coefficient (Wildman–Crippen LogP) is 1.27. The van der Waals surface area contributed by atoms with Crippen LogP contribution in [-0.2, 0) is 6.18 Å². The Morgan fingerprint density at radius 3 is 2.46 bits per heavy atom. The minimum Gasteiger partial charge on any atom is -0.318 e. The van der Waals surface area contributed by atoms with Crippen molar-refractivity contribution in [3.63, 3.8) is 0 Å². The second-order valence-electron chi connectivity index (χ2n) is 2.26. The first kappa shape index (κ1) is 9.32. The lowest BCUT2D eigenvalue weighted by atomic mass is 10.2. The standard InChI is InChI=1S/C7H3F3N2O/c8-7(9,10)5-1-4(3-11)2-6(13)12-5/h1-2H,(H,12,13). The summed E-state index contributed by atoms with van der Waals surface area (Å²) in [6, 6.07) is 2.85. The molecule has 13 heavy (non-hydrogen) atoms. The molecule has 0 aliphatic heterocycles. The molecule has 0 spiro atoms. The van der Waals surface area contributed by atoms with Crippen molar-refractivity contribution in [2.45, 2.75) is 6.18 Å². The number of hydrogen-bond acceptors (Lipinski definition) is 2. The van der Waals surface area contributed by atoms with Crippen LogP contribution < -0.4 is 5.56 Å². The van der Waals surface area contributed by atoms with Crippen LogP contribution >= 0.6 is 0 Å². The third kappa shape index (κ3) is 2.08. The summed E-state index contributed by atoms with van der Waals surface area (Å²) >= 11 is 0. The maximum Gasteiger partial charge on any atom is 0.431 e. The van der Waals surface area contributed by atoms with E-state index in [1.54, 1.807) is 4.98 Å². The van der Waals surface area contributed by atoms with Gasteiger partial charge in [-0.25, -0.2) is 0 Å². The summed E-state index contributed by atoms with van der Waals surface area (Å²) in [5.41, 5.74) is -2.46. The molecule has 68 valence electrons. The molecule has 3 nitrogen and oxygen atoms in total. The van der Waals surface area contributed by atoms with Crippen LogP contribution in [0.5, 0.6) is 0 Å². The molecule has 1 aromatic heterocycles. The fourth-order valence-electron chi connectivity index (χ4n) is 0.761. The Bertz CT molecular complexity index is 413. The van der Waals surface area contributed by atoms with E-state index in [1.165, 1.54) is 6.07 Å². The third-order valence-electron chi connectivity index (χ3n) is 1.28. The Morgan fingerprint density at radius 2 is 2.00 bits per heavy atom. The summed E-state index contributed by atoms with van der Waals surface area (Å²) < 4.78 is 36.0. The molecule has 1 rings (SSSR count). The molecule has 0 bridgehead atoms. The molecule has 0 fully saturated rings. The maximum atomic E-state index is 12.0. The van der Waals surface area contributed by atoms with Gasteiger partial charge in [0.1, 0.15) is 5.69 Å². The highest BCUT2D eigenvalue weighted by atomic mass is 19.4. The van der Waals surface area contributed by atoms with Crippen molar-refractivity contribution < 1.29 is 13.2 Å². The molecule has 0 saturated heterocycles. The Labute approximate surface area is 70.4 Å². The van der Waals surface area contributed by atoms with Crippen LogP contribution in [0.3, 0.4) is 0 Å². The number of rotatable bonds is 0. The number of halogens is 3. The van der Waals surface area contributed by atoms with Gasteiger partial charge in [0.15, 0.2) is 0 Å². The van der Waals surface area contributed by atoms with Crippen molar-refractivity contribution in [3.8, 4) is 6.07 Å². The van der Waals surface area contributed by atoms with Gasteiger partial charge in [-0.15, -0.1) is 0 Å². The van der Waals surface area contributed by atoms with Crippen LogP contribution in [0.15, 0.2) is 16.9 Å². The van der Waals surface area contributed by atoms with Crippen molar-refractivity contribution >= 4 is 0 Å². The molecule has 1 heterocycles. The van der Waals surface area contributed by atoms with Gasteiger partial charge in [-0.1, -0.05) is 0 Å². The number of pyridine rings is 1. The van der Waals surface area contributed by atoms with Gasteiger partial charge in [0.25, 0.3) is 0 Å². The summed E-state index contributed by atoms with van der Waals surface area (Å²) in [5, 5.41) is 8.28. The molecule has 1 aromatic rings. The smallest absolute Gasteiger partial charge is 0.318 e. The Morgan fingerprint density at radius 1 is 1.38 bits per heavy atom. The van der Waals surface area contributed by atoms with E-state index in [2.05, 4.69) is 0 Å². The second-order valence-corrected chi connectivity index (χ2v) is 2.26. The van der Waals surface area contributed by atoms with Gasteiger partial charge in [0.05, 0.1) is 11.6 Å².